The summed E-state index contributed by atoms with van der Waals surface area (Å²) in [6, 6.07) is 5.35. The highest BCUT2D eigenvalue weighted by atomic mass is 35.5. The van der Waals surface area contributed by atoms with Crippen molar-refractivity contribution < 1.29 is 4.39 Å². The molecule has 0 saturated heterocycles. The summed E-state index contributed by atoms with van der Waals surface area (Å²) in [5.41, 5.74) is 1.13. The molecule has 0 unspecified atom stereocenters. The Labute approximate surface area is 138 Å². The molecule has 0 atom stereocenters. The molecule has 1 aromatic rings. The van der Waals surface area contributed by atoms with Crippen molar-refractivity contribution >= 4 is 11.6 Å². The van der Waals surface area contributed by atoms with Crippen LogP contribution in [-0.2, 0) is 0 Å². The molecule has 0 radical (unpaired) electrons. The van der Waals surface area contributed by atoms with Crippen LogP contribution in [0.15, 0.2) is 30.9 Å². The lowest BCUT2D eigenvalue weighted by Crippen LogP contribution is -2.25. The molecular weight excluding hydrogens is 295 g/mol. The molecule has 0 amide bonds. The molecule has 2 saturated carbocycles. The Morgan fingerprint density at radius 1 is 0.955 bits per heavy atom. The topological polar surface area (TPSA) is 0 Å². The Bertz CT molecular complexity index is 508. The van der Waals surface area contributed by atoms with Gasteiger partial charge in [-0.15, -0.1) is 6.58 Å². The fraction of sp³-hybridized carbons (Fsp3) is 0.600. The largest absolute Gasteiger partial charge is 0.205 e. The predicted octanol–water partition coefficient (Wildman–Crippen LogP) is 6.75. The standard InChI is InChI=1S/C20H26ClF/c1-2-14-3-5-15(6-4-14)16-7-9-17(10-8-16)18-11-12-19(21)20(22)13-18/h2,11-17H,1,3-10H2. The first kappa shape index (κ1) is 16.1. The minimum Gasteiger partial charge on any atom is -0.205 e. The normalized spacial score (nSPS) is 32.6. The first-order chi connectivity index (χ1) is 10.7. The summed E-state index contributed by atoms with van der Waals surface area (Å²) in [5, 5.41) is 0.233. The molecule has 0 aliphatic heterocycles. The van der Waals surface area contributed by atoms with E-state index in [0.29, 0.717) is 5.92 Å². The van der Waals surface area contributed by atoms with Crippen LogP contribution in [0, 0.1) is 23.6 Å². The first-order valence-corrected chi connectivity index (χ1v) is 9.12. The van der Waals surface area contributed by atoms with Crippen molar-refractivity contribution in [2.75, 3.05) is 0 Å². The van der Waals surface area contributed by atoms with E-state index in [1.807, 2.05) is 6.07 Å². The molecular formula is C20H26ClF. The third-order valence-corrected chi connectivity index (χ3v) is 6.31. The minimum absolute atomic E-state index is 0.233. The van der Waals surface area contributed by atoms with Gasteiger partial charge in [0.1, 0.15) is 5.82 Å². The van der Waals surface area contributed by atoms with Gasteiger partial charge in [-0.25, -0.2) is 4.39 Å². The van der Waals surface area contributed by atoms with Gasteiger partial charge in [0, 0.05) is 0 Å². The van der Waals surface area contributed by atoms with Crippen LogP contribution in [0.3, 0.4) is 0 Å². The monoisotopic (exact) mass is 320 g/mol. The number of allylic oxidation sites excluding steroid dienone is 1. The second-order valence-electron chi connectivity index (χ2n) is 7.20. The second kappa shape index (κ2) is 7.17. The fourth-order valence-corrected chi connectivity index (χ4v) is 4.66. The minimum atomic E-state index is -0.274. The van der Waals surface area contributed by atoms with Crippen LogP contribution < -0.4 is 0 Å². The zero-order chi connectivity index (χ0) is 15.5. The van der Waals surface area contributed by atoms with E-state index in [2.05, 4.69) is 12.7 Å². The molecule has 0 bridgehead atoms. The molecule has 0 N–H and O–H groups in total. The van der Waals surface area contributed by atoms with Gasteiger partial charge in [0.2, 0.25) is 0 Å². The van der Waals surface area contributed by atoms with Crippen molar-refractivity contribution in [3.8, 4) is 0 Å². The average molecular weight is 321 g/mol. The Balaban J connectivity index is 1.54. The van der Waals surface area contributed by atoms with Gasteiger partial charge in [-0.05, 0) is 92.7 Å². The second-order valence-corrected chi connectivity index (χ2v) is 7.60. The molecule has 0 spiro atoms. The van der Waals surface area contributed by atoms with Crippen molar-refractivity contribution in [3.05, 3.63) is 47.3 Å². The molecule has 0 nitrogen and oxygen atoms in total. The molecule has 22 heavy (non-hydrogen) atoms. The van der Waals surface area contributed by atoms with Gasteiger partial charge >= 0.3 is 0 Å². The number of benzene rings is 1. The average Bonchev–Trinajstić information content (AvgIpc) is 2.58. The molecule has 2 aliphatic carbocycles. The van der Waals surface area contributed by atoms with E-state index in [-0.39, 0.29) is 10.8 Å². The van der Waals surface area contributed by atoms with E-state index in [0.717, 1.165) is 23.3 Å². The lowest BCUT2D eigenvalue weighted by atomic mass is 9.68. The maximum absolute atomic E-state index is 13.6. The van der Waals surface area contributed by atoms with Crippen LogP contribution in [0.2, 0.25) is 5.02 Å². The van der Waals surface area contributed by atoms with Gasteiger partial charge in [0.25, 0.3) is 0 Å². The van der Waals surface area contributed by atoms with Crippen LogP contribution in [0.1, 0.15) is 62.8 Å². The zero-order valence-corrected chi connectivity index (χ0v) is 14.0. The lowest BCUT2D eigenvalue weighted by molar-refractivity contribution is 0.171. The summed E-state index contributed by atoms with van der Waals surface area (Å²) in [6.07, 6.45) is 12.6. The van der Waals surface area contributed by atoms with E-state index in [1.165, 1.54) is 51.4 Å². The molecule has 2 heteroatoms. The van der Waals surface area contributed by atoms with Crippen LogP contribution in [0.5, 0.6) is 0 Å². The maximum Gasteiger partial charge on any atom is 0.142 e. The highest BCUT2D eigenvalue weighted by molar-refractivity contribution is 6.30. The summed E-state index contributed by atoms with van der Waals surface area (Å²) in [7, 11) is 0. The Kier molecular flexibility index (Phi) is 5.23. The summed E-state index contributed by atoms with van der Waals surface area (Å²) >= 11 is 5.79. The number of rotatable bonds is 3. The Hall–Kier alpha value is -0.820. The van der Waals surface area contributed by atoms with Crippen molar-refractivity contribution in [2.45, 2.75) is 57.3 Å². The van der Waals surface area contributed by atoms with E-state index in [9.17, 15) is 4.39 Å². The quantitative estimate of drug-likeness (QED) is 0.540. The molecule has 0 aromatic heterocycles. The predicted molar refractivity (Wildman–Crippen MR) is 91.8 cm³/mol. The third kappa shape index (κ3) is 3.56. The molecule has 2 fully saturated rings. The van der Waals surface area contributed by atoms with Crippen LogP contribution in [-0.4, -0.2) is 0 Å². The Morgan fingerprint density at radius 2 is 1.55 bits per heavy atom. The summed E-state index contributed by atoms with van der Waals surface area (Å²) in [5.74, 6) is 2.81. The molecule has 120 valence electrons. The number of halogens is 2. The summed E-state index contributed by atoms with van der Waals surface area (Å²) in [4.78, 5) is 0. The van der Waals surface area contributed by atoms with E-state index in [4.69, 9.17) is 11.6 Å². The van der Waals surface area contributed by atoms with E-state index >= 15 is 0 Å². The molecule has 0 heterocycles. The van der Waals surface area contributed by atoms with Gasteiger partial charge in [0.15, 0.2) is 0 Å². The summed E-state index contributed by atoms with van der Waals surface area (Å²) in [6.45, 7) is 3.94. The molecule has 3 rings (SSSR count). The van der Waals surface area contributed by atoms with Gasteiger partial charge in [-0.2, -0.15) is 0 Å². The maximum atomic E-state index is 13.6. The van der Waals surface area contributed by atoms with Crippen LogP contribution in [0.25, 0.3) is 0 Å². The molecule has 1 aromatic carbocycles. The number of hydrogen-bond donors (Lipinski definition) is 0. The van der Waals surface area contributed by atoms with E-state index in [1.54, 1.807) is 12.1 Å². The van der Waals surface area contributed by atoms with Gasteiger partial charge in [-0.3, -0.25) is 0 Å². The van der Waals surface area contributed by atoms with Crippen molar-refractivity contribution in [3.63, 3.8) is 0 Å². The van der Waals surface area contributed by atoms with Gasteiger partial charge < -0.3 is 0 Å². The molecule has 2 aliphatic rings. The SMILES string of the molecule is C=CC1CCC(C2CCC(c3ccc(Cl)c(F)c3)CC2)CC1. The first-order valence-electron chi connectivity index (χ1n) is 8.75. The van der Waals surface area contributed by atoms with Crippen LogP contribution in [0.4, 0.5) is 4.39 Å². The number of hydrogen-bond acceptors (Lipinski definition) is 0. The van der Waals surface area contributed by atoms with Crippen LogP contribution >= 0.6 is 11.6 Å². The summed E-state index contributed by atoms with van der Waals surface area (Å²) < 4.78 is 13.6. The lowest BCUT2D eigenvalue weighted by Gasteiger charge is -2.37. The van der Waals surface area contributed by atoms with Crippen molar-refractivity contribution in [1.82, 2.24) is 0 Å². The van der Waals surface area contributed by atoms with Gasteiger partial charge in [-0.1, -0.05) is 23.7 Å². The van der Waals surface area contributed by atoms with Gasteiger partial charge in [0.05, 0.1) is 5.02 Å². The third-order valence-electron chi connectivity index (χ3n) is 6.00. The van der Waals surface area contributed by atoms with Crippen molar-refractivity contribution in [1.29, 1.82) is 0 Å². The fourth-order valence-electron chi connectivity index (χ4n) is 4.54. The smallest absolute Gasteiger partial charge is 0.142 e. The Morgan fingerprint density at radius 3 is 2.09 bits per heavy atom. The van der Waals surface area contributed by atoms with Crippen molar-refractivity contribution in [2.24, 2.45) is 17.8 Å². The zero-order valence-electron chi connectivity index (χ0n) is 13.2. The highest BCUT2D eigenvalue weighted by Gasteiger charge is 2.30. The van der Waals surface area contributed by atoms with E-state index < -0.39 is 0 Å². The highest BCUT2D eigenvalue weighted by Crippen LogP contribution is 2.44.